The Morgan fingerprint density at radius 2 is 2.13 bits per heavy atom. The second-order valence-electron chi connectivity index (χ2n) is 4.68. The fourth-order valence-corrected chi connectivity index (χ4v) is 2.15. The minimum atomic E-state index is -0.688. The van der Waals surface area contributed by atoms with Crippen molar-refractivity contribution in [3.05, 3.63) is 0 Å². The molecule has 0 radical (unpaired) electrons. The van der Waals surface area contributed by atoms with Gasteiger partial charge in [0.05, 0.1) is 13.0 Å². The fourth-order valence-electron chi connectivity index (χ4n) is 2.15. The third-order valence-corrected chi connectivity index (χ3v) is 3.02. The third kappa shape index (κ3) is 3.47. The minimum absolute atomic E-state index is 0.300. The number of hydrogen-bond acceptors (Lipinski definition) is 3. The van der Waals surface area contributed by atoms with Crippen molar-refractivity contribution in [2.45, 2.75) is 26.3 Å². The molecule has 1 saturated heterocycles. The number of carboxylic acids is 1. The summed E-state index contributed by atoms with van der Waals surface area (Å²) in [4.78, 5) is 12.8. The average Bonchev–Trinajstić information content (AvgIpc) is 2.06. The molecule has 0 aliphatic carbocycles. The van der Waals surface area contributed by atoms with E-state index < -0.39 is 5.97 Å². The molecule has 1 heterocycles. The van der Waals surface area contributed by atoms with Crippen molar-refractivity contribution in [2.24, 2.45) is 11.8 Å². The number of carboxylic acid groups (broad SMARTS) is 1. The maximum Gasteiger partial charge on any atom is 0.303 e. The summed E-state index contributed by atoms with van der Waals surface area (Å²) in [6.07, 6.45) is 0.300. The molecule has 15 heavy (non-hydrogen) atoms. The highest BCUT2D eigenvalue weighted by Crippen LogP contribution is 2.25. The van der Waals surface area contributed by atoms with Crippen LogP contribution in [-0.2, 0) is 9.53 Å². The van der Waals surface area contributed by atoms with Crippen LogP contribution >= 0.6 is 0 Å². The molecule has 0 bridgehead atoms. The maximum absolute atomic E-state index is 10.5. The SMILES string of the molecule is COCC(C(C)C)N1CC(CC(=O)O)C1. The van der Waals surface area contributed by atoms with E-state index >= 15 is 0 Å². The van der Waals surface area contributed by atoms with Crippen molar-refractivity contribution in [1.29, 1.82) is 0 Å². The van der Waals surface area contributed by atoms with Crippen molar-refractivity contribution in [1.82, 2.24) is 4.90 Å². The van der Waals surface area contributed by atoms with Crippen molar-refractivity contribution >= 4 is 5.97 Å². The van der Waals surface area contributed by atoms with E-state index in [-0.39, 0.29) is 0 Å². The van der Waals surface area contributed by atoms with E-state index in [1.54, 1.807) is 7.11 Å². The highest BCUT2D eigenvalue weighted by Gasteiger charge is 2.34. The summed E-state index contributed by atoms with van der Waals surface area (Å²) in [5.74, 6) is 0.198. The minimum Gasteiger partial charge on any atom is -0.481 e. The number of methoxy groups -OCH3 is 1. The second-order valence-corrected chi connectivity index (χ2v) is 4.68. The van der Waals surface area contributed by atoms with Gasteiger partial charge in [-0.3, -0.25) is 9.69 Å². The van der Waals surface area contributed by atoms with Crippen LogP contribution in [0.2, 0.25) is 0 Å². The lowest BCUT2D eigenvalue weighted by Gasteiger charge is -2.45. The first-order valence-electron chi connectivity index (χ1n) is 5.49. The van der Waals surface area contributed by atoms with Gasteiger partial charge in [-0.15, -0.1) is 0 Å². The molecule has 0 aromatic carbocycles. The van der Waals surface area contributed by atoms with E-state index in [4.69, 9.17) is 9.84 Å². The number of hydrogen-bond donors (Lipinski definition) is 1. The van der Waals surface area contributed by atoms with Crippen LogP contribution in [0.3, 0.4) is 0 Å². The van der Waals surface area contributed by atoms with Crippen LogP contribution in [0.5, 0.6) is 0 Å². The molecule has 0 saturated carbocycles. The second kappa shape index (κ2) is 5.47. The zero-order valence-corrected chi connectivity index (χ0v) is 9.77. The van der Waals surface area contributed by atoms with Crippen molar-refractivity contribution in [3.63, 3.8) is 0 Å². The van der Waals surface area contributed by atoms with Crippen LogP contribution in [0.4, 0.5) is 0 Å². The van der Waals surface area contributed by atoms with Gasteiger partial charge in [0.2, 0.25) is 0 Å². The van der Waals surface area contributed by atoms with Gasteiger partial charge in [0.1, 0.15) is 0 Å². The summed E-state index contributed by atoms with van der Waals surface area (Å²) in [7, 11) is 1.71. The molecule has 0 spiro atoms. The van der Waals surface area contributed by atoms with Gasteiger partial charge in [-0.2, -0.15) is 0 Å². The quantitative estimate of drug-likeness (QED) is 0.720. The summed E-state index contributed by atoms with van der Waals surface area (Å²) in [6, 6.07) is 0.431. The Bertz CT molecular complexity index is 212. The number of nitrogens with zero attached hydrogens (tertiary/aromatic N) is 1. The zero-order chi connectivity index (χ0) is 11.4. The standard InChI is InChI=1S/C11H21NO3/c1-8(2)10(7-15-3)12-5-9(6-12)4-11(13)14/h8-10H,4-7H2,1-3H3,(H,13,14). The van der Waals surface area contributed by atoms with Crippen molar-refractivity contribution in [2.75, 3.05) is 26.8 Å². The number of rotatable bonds is 6. The molecular weight excluding hydrogens is 194 g/mol. The lowest BCUT2D eigenvalue weighted by molar-refractivity contribution is -0.140. The largest absolute Gasteiger partial charge is 0.481 e. The van der Waals surface area contributed by atoms with E-state index in [2.05, 4.69) is 18.7 Å². The molecule has 0 amide bonds. The summed E-state index contributed by atoms with van der Waals surface area (Å²) < 4.78 is 5.18. The topological polar surface area (TPSA) is 49.8 Å². The summed E-state index contributed by atoms with van der Waals surface area (Å²) in [6.45, 7) is 6.89. The lowest BCUT2D eigenvalue weighted by Crippen LogP contribution is -2.55. The van der Waals surface area contributed by atoms with Gasteiger partial charge in [0, 0.05) is 26.2 Å². The third-order valence-electron chi connectivity index (χ3n) is 3.02. The summed E-state index contributed by atoms with van der Waals surface area (Å²) in [5.41, 5.74) is 0. The Morgan fingerprint density at radius 1 is 1.53 bits per heavy atom. The number of carbonyl (C=O) groups is 1. The highest BCUT2D eigenvalue weighted by atomic mass is 16.5. The molecule has 1 rings (SSSR count). The molecule has 0 aromatic rings. The first-order valence-corrected chi connectivity index (χ1v) is 5.49. The lowest BCUT2D eigenvalue weighted by atomic mass is 9.91. The zero-order valence-electron chi connectivity index (χ0n) is 9.77. The molecule has 1 aliphatic rings. The normalized spacial score (nSPS) is 20.3. The molecule has 4 heteroatoms. The fraction of sp³-hybridized carbons (Fsp3) is 0.909. The number of aliphatic carboxylic acids is 1. The Morgan fingerprint density at radius 3 is 2.53 bits per heavy atom. The van der Waals surface area contributed by atoms with Crippen LogP contribution in [0, 0.1) is 11.8 Å². The Balaban J connectivity index is 2.31. The van der Waals surface area contributed by atoms with Gasteiger partial charge in [0.15, 0.2) is 0 Å². The van der Waals surface area contributed by atoms with E-state index in [0.29, 0.717) is 24.3 Å². The summed E-state index contributed by atoms with van der Waals surface area (Å²) in [5, 5.41) is 8.64. The molecular formula is C11H21NO3. The van der Waals surface area contributed by atoms with Gasteiger partial charge >= 0.3 is 5.97 Å². The van der Waals surface area contributed by atoms with Gasteiger partial charge in [-0.1, -0.05) is 13.8 Å². The molecule has 1 atom stereocenters. The molecule has 1 N–H and O–H groups in total. The van der Waals surface area contributed by atoms with Crippen LogP contribution in [0.15, 0.2) is 0 Å². The number of likely N-dealkylation sites (tertiary alicyclic amines) is 1. The van der Waals surface area contributed by atoms with Crippen LogP contribution in [-0.4, -0.2) is 48.8 Å². The molecule has 4 nitrogen and oxygen atoms in total. The number of ether oxygens (including phenoxy) is 1. The van der Waals surface area contributed by atoms with E-state index in [1.807, 2.05) is 0 Å². The molecule has 1 unspecified atom stereocenters. The van der Waals surface area contributed by atoms with E-state index in [1.165, 1.54) is 0 Å². The van der Waals surface area contributed by atoms with Gasteiger partial charge in [0.25, 0.3) is 0 Å². The Kier molecular flexibility index (Phi) is 4.54. The van der Waals surface area contributed by atoms with Crippen molar-refractivity contribution in [3.8, 4) is 0 Å². The first-order chi connectivity index (χ1) is 7.04. The predicted octanol–water partition coefficient (Wildman–Crippen LogP) is 1.06. The average molecular weight is 215 g/mol. The van der Waals surface area contributed by atoms with Crippen LogP contribution in [0.25, 0.3) is 0 Å². The molecule has 1 fully saturated rings. The Hall–Kier alpha value is -0.610. The van der Waals surface area contributed by atoms with Crippen molar-refractivity contribution < 1.29 is 14.6 Å². The predicted molar refractivity (Wildman–Crippen MR) is 57.8 cm³/mol. The monoisotopic (exact) mass is 215 g/mol. The molecule has 0 aromatic heterocycles. The highest BCUT2D eigenvalue weighted by molar-refractivity contribution is 5.67. The van der Waals surface area contributed by atoms with Crippen LogP contribution in [0.1, 0.15) is 20.3 Å². The van der Waals surface area contributed by atoms with Gasteiger partial charge in [-0.25, -0.2) is 0 Å². The summed E-state index contributed by atoms with van der Waals surface area (Å²) >= 11 is 0. The van der Waals surface area contributed by atoms with Gasteiger partial charge < -0.3 is 9.84 Å². The van der Waals surface area contributed by atoms with Crippen LogP contribution < -0.4 is 0 Å². The first kappa shape index (κ1) is 12.5. The molecule has 88 valence electrons. The maximum atomic E-state index is 10.5. The molecule has 1 aliphatic heterocycles. The Labute approximate surface area is 91.2 Å². The van der Waals surface area contributed by atoms with Gasteiger partial charge in [-0.05, 0) is 11.8 Å². The van der Waals surface area contributed by atoms with E-state index in [9.17, 15) is 4.79 Å². The smallest absolute Gasteiger partial charge is 0.303 e. The van der Waals surface area contributed by atoms with E-state index in [0.717, 1.165) is 19.7 Å².